The monoisotopic (exact) mass is 577 g/mol. The molecule has 0 radical (unpaired) electrons. The molecule has 4 heteroatoms. The first-order valence-corrected chi connectivity index (χ1v) is 17.8. The summed E-state index contributed by atoms with van der Waals surface area (Å²) in [5, 5.41) is 9.02. The van der Waals surface area contributed by atoms with Crippen LogP contribution in [-0.4, -0.2) is 23.7 Å². The molecule has 0 saturated heterocycles. The Balaban J connectivity index is 3.34. The lowest BCUT2D eigenvalue weighted by molar-refractivity contribution is -0.152. The number of hydrogen-bond donors (Lipinski definition) is 1. The number of ether oxygens (including phenoxy) is 1. The summed E-state index contributed by atoms with van der Waals surface area (Å²) in [5.41, 5.74) is 0. The van der Waals surface area contributed by atoms with Crippen molar-refractivity contribution < 1.29 is 19.4 Å². The van der Waals surface area contributed by atoms with E-state index in [1.54, 1.807) is 0 Å². The summed E-state index contributed by atoms with van der Waals surface area (Å²) in [5.74, 6) is -1.95. The number of carbonyl (C=O) groups is 2. The maximum atomic E-state index is 12.0. The van der Waals surface area contributed by atoms with Crippen molar-refractivity contribution in [3.63, 3.8) is 0 Å². The summed E-state index contributed by atoms with van der Waals surface area (Å²) in [6, 6.07) is 0. The fourth-order valence-corrected chi connectivity index (χ4v) is 5.54. The summed E-state index contributed by atoms with van der Waals surface area (Å²) in [6.45, 7) is 5.94. The number of hydrogen-bond acceptors (Lipinski definition) is 3. The maximum absolute atomic E-state index is 12.0. The van der Waals surface area contributed by atoms with Gasteiger partial charge < -0.3 is 9.84 Å². The Labute approximate surface area is 255 Å². The van der Waals surface area contributed by atoms with E-state index in [4.69, 9.17) is 9.84 Å². The average Bonchev–Trinajstić information content (AvgIpc) is 2.96. The summed E-state index contributed by atoms with van der Waals surface area (Å²) >= 11 is 0. The van der Waals surface area contributed by atoms with E-state index >= 15 is 0 Å². The predicted octanol–water partition coefficient (Wildman–Crippen LogP) is 11.9. The van der Waals surface area contributed by atoms with Crippen LogP contribution in [0.15, 0.2) is 24.8 Å². The Hall–Kier alpha value is -1.58. The molecule has 1 N–H and O–H groups in total. The third-order valence-electron chi connectivity index (χ3n) is 8.16. The van der Waals surface area contributed by atoms with Crippen molar-refractivity contribution in [1.82, 2.24) is 0 Å². The van der Waals surface area contributed by atoms with Crippen molar-refractivity contribution in [1.29, 1.82) is 0 Å². The molecule has 0 spiro atoms. The Morgan fingerprint density at radius 2 is 0.976 bits per heavy atom. The van der Waals surface area contributed by atoms with Gasteiger partial charge in [-0.05, 0) is 32.1 Å². The maximum Gasteiger partial charge on any atom is 0.309 e. The van der Waals surface area contributed by atoms with Crippen molar-refractivity contribution in [3.8, 4) is 0 Å². The zero-order valence-corrected chi connectivity index (χ0v) is 27.2. The minimum absolute atomic E-state index is 0.133. The van der Waals surface area contributed by atoms with Gasteiger partial charge in [0.15, 0.2) is 0 Å². The highest BCUT2D eigenvalue weighted by Gasteiger charge is 2.22. The predicted molar refractivity (Wildman–Crippen MR) is 176 cm³/mol. The highest BCUT2D eigenvalue weighted by molar-refractivity contribution is 5.79. The lowest BCUT2D eigenvalue weighted by Gasteiger charge is -2.12. The van der Waals surface area contributed by atoms with Crippen molar-refractivity contribution in [2.45, 2.75) is 187 Å². The topological polar surface area (TPSA) is 63.6 Å². The molecule has 41 heavy (non-hydrogen) atoms. The third kappa shape index (κ3) is 31.2. The van der Waals surface area contributed by atoms with Gasteiger partial charge in [0.2, 0.25) is 0 Å². The Morgan fingerprint density at radius 1 is 0.610 bits per heavy atom. The summed E-state index contributed by atoms with van der Waals surface area (Å²) in [4.78, 5) is 23.0. The van der Waals surface area contributed by atoms with Gasteiger partial charge in [-0.25, -0.2) is 0 Å². The molecular formula is C37H68O4. The van der Waals surface area contributed by atoms with E-state index in [1.807, 2.05) is 0 Å². The van der Waals surface area contributed by atoms with E-state index in [9.17, 15) is 9.59 Å². The molecule has 0 aliphatic rings. The zero-order chi connectivity index (χ0) is 30.1. The van der Waals surface area contributed by atoms with Crippen LogP contribution in [0.3, 0.4) is 0 Å². The van der Waals surface area contributed by atoms with Crippen LogP contribution in [0.1, 0.15) is 187 Å². The standard InChI is InChI=1S/C37H68O4/c1-3-5-6-7-8-9-10-11-12-13-14-15-16-17-18-19-20-21-22-23-24-25-26-27-28-29-30-31-32-35(34-36(38)39)37(40)41-33-4-2/h4,28-29,35H,2-3,5-27,30-34H2,1H3,(H,38,39)/b29-28+. The van der Waals surface area contributed by atoms with Crippen LogP contribution in [0.2, 0.25) is 0 Å². The zero-order valence-electron chi connectivity index (χ0n) is 27.2. The van der Waals surface area contributed by atoms with Crippen LogP contribution >= 0.6 is 0 Å². The van der Waals surface area contributed by atoms with Crippen LogP contribution in [0.25, 0.3) is 0 Å². The Bertz CT molecular complexity index is 612. The molecule has 0 fully saturated rings. The van der Waals surface area contributed by atoms with E-state index < -0.39 is 17.9 Å². The normalized spacial score (nSPS) is 12.1. The van der Waals surface area contributed by atoms with Gasteiger partial charge in [0.1, 0.15) is 6.61 Å². The first-order valence-electron chi connectivity index (χ1n) is 17.8. The fourth-order valence-electron chi connectivity index (χ4n) is 5.54. The van der Waals surface area contributed by atoms with Gasteiger partial charge in [-0.2, -0.15) is 0 Å². The Morgan fingerprint density at radius 3 is 1.34 bits per heavy atom. The number of allylic oxidation sites excluding steroid dienone is 2. The third-order valence-corrected chi connectivity index (χ3v) is 8.16. The molecule has 0 heterocycles. The van der Waals surface area contributed by atoms with E-state index in [0.29, 0.717) is 6.42 Å². The second kappa shape index (κ2) is 32.9. The van der Waals surface area contributed by atoms with Crippen molar-refractivity contribution in [2.75, 3.05) is 6.61 Å². The molecular weight excluding hydrogens is 508 g/mol. The second-order valence-corrected chi connectivity index (χ2v) is 12.2. The molecule has 4 nitrogen and oxygen atoms in total. The van der Waals surface area contributed by atoms with E-state index in [1.165, 1.54) is 154 Å². The fraction of sp³-hybridized carbons (Fsp3) is 0.838. The molecule has 240 valence electrons. The van der Waals surface area contributed by atoms with Gasteiger partial charge in [0.25, 0.3) is 0 Å². The van der Waals surface area contributed by atoms with Crippen LogP contribution < -0.4 is 0 Å². The van der Waals surface area contributed by atoms with Gasteiger partial charge in [0, 0.05) is 0 Å². The number of unbranched alkanes of at least 4 members (excludes halogenated alkanes) is 24. The molecule has 0 aromatic rings. The molecule has 0 bridgehead atoms. The molecule has 0 rings (SSSR count). The SMILES string of the molecule is C=CCOC(=O)C(CCC/C=C/CCCCCCCCCCCCCCCCCCCCCCCCC)CC(=O)O. The molecule has 0 aliphatic carbocycles. The first kappa shape index (κ1) is 39.4. The van der Waals surface area contributed by atoms with Crippen molar-refractivity contribution in [3.05, 3.63) is 24.8 Å². The smallest absolute Gasteiger partial charge is 0.309 e. The Kier molecular flexibility index (Phi) is 31.7. The highest BCUT2D eigenvalue weighted by atomic mass is 16.5. The van der Waals surface area contributed by atoms with Gasteiger partial charge in [-0.15, -0.1) is 0 Å². The number of carbonyl (C=O) groups excluding carboxylic acids is 1. The molecule has 1 atom stereocenters. The van der Waals surface area contributed by atoms with Gasteiger partial charge in [-0.3, -0.25) is 9.59 Å². The number of aliphatic carboxylic acids is 1. The largest absolute Gasteiger partial charge is 0.481 e. The number of carboxylic acid groups (broad SMARTS) is 1. The molecule has 0 aliphatic heterocycles. The molecule has 0 amide bonds. The van der Waals surface area contributed by atoms with Crippen LogP contribution in [-0.2, 0) is 14.3 Å². The van der Waals surface area contributed by atoms with E-state index in [-0.39, 0.29) is 13.0 Å². The minimum Gasteiger partial charge on any atom is -0.481 e. The number of esters is 1. The average molecular weight is 577 g/mol. The van der Waals surface area contributed by atoms with E-state index in [0.717, 1.165) is 19.3 Å². The van der Waals surface area contributed by atoms with Gasteiger partial charge in [0.05, 0.1) is 12.3 Å². The molecule has 0 saturated carbocycles. The summed E-state index contributed by atoms with van der Waals surface area (Å²) in [7, 11) is 0. The first-order chi connectivity index (χ1) is 20.1. The lowest BCUT2D eigenvalue weighted by atomic mass is 9.98. The number of carboxylic acids is 1. The number of rotatable bonds is 33. The summed E-state index contributed by atoms with van der Waals surface area (Å²) < 4.78 is 5.03. The van der Waals surface area contributed by atoms with Crippen LogP contribution in [0.5, 0.6) is 0 Å². The molecule has 0 aromatic heterocycles. The van der Waals surface area contributed by atoms with Crippen molar-refractivity contribution >= 4 is 11.9 Å². The van der Waals surface area contributed by atoms with Crippen LogP contribution in [0, 0.1) is 5.92 Å². The molecule has 0 aromatic carbocycles. The summed E-state index contributed by atoms with van der Waals surface area (Å²) in [6.07, 6.45) is 41.6. The van der Waals surface area contributed by atoms with E-state index in [2.05, 4.69) is 25.7 Å². The quantitative estimate of drug-likeness (QED) is 0.0479. The second-order valence-electron chi connectivity index (χ2n) is 12.2. The van der Waals surface area contributed by atoms with Gasteiger partial charge in [-0.1, -0.05) is 173 Å². The van der Waals surface area contributed by atoms with Crippen LogP contribution in [0.4, 0.5) is 0 Å². The minimum atomic E-state index is -0.957. The lowest BCUT2D eigenvalue weighted by Crippen LogP contribution is -2.21. The molecule has 1 unspecified atom stereocenters. The van der Waals surface area contributed by atoms with Crippen molar-refractivity contribution in [2.24, 2.45) is 5.92 Å². The highest BCUT2D eigenvalue weighted by Crippen LogP contribution is 2.17. The van der Waals surface area contributed by atoms with Gasteiger partial charge >= 0.3 is 11.9 Å².